The fourth-order valence-corrected chi connectivity index (χ4v) is 3.83. The van der Waals surface area contributed by atoms with Crippen molar-refractivity contribution >= 4 is 27.4 Å². The van der Waals surface area contributed by atoms with Crippen molar-refractivity contribution in [2.24, 2.45) is 0 Å². The molecule has 1 amide bonds. The SMILES string of the molecule is Cc1ccc(N(CC(=O)Nc2cc(C)[nH]n2)S(=O)(=O)c2cccnc2)cc1. The first-order valence-corrected chi connectivity index (χ1v) is 9.61. The molecule has 0 saturated heterocycles. The van der Waals surface area contributed by atoms with E-state index >= 15 is 0 Å². The number of amides is 1. The van der Waals surface area contributed by atoms with Gasteiger partial charge in [-0.15, -0.1) is 0 Å². The van der Waals surface area contributed by atoms with Crippen LogP contribution in [0.5, 0.6) is 0 Å². The van der Waals surface area contributed by atoms with Crippen LogP contribution in [0.15, 0.2) is 59.8 Å². The molecule has 8 nitrogen and oxygen atoms in total. The average molecular weight is 385 g/mol. The molecule has 0 fully saturated rings. The van der Waals surface area contributed by atoms with Gasteiger partial charge in [0, 0.05) is 24.2 Å². The van der Waals surface area contributed by atoms with Gasteiger partial charge in [0.25, 0.3) is 10.0 Å². The van der Waals surface area contributed by atoms with Crippen molar-refractivity contribution in [2.45, 2.75) is 18.7 Å². The number of benzene rings is 1. The van der Waals surface area contributed by atoms with E-state index in [2.05, 4.69) is 20.5 Å². The Morgan fingerprint density at radius 3 is 2.52 bits per heavy atom. The average Bonchev–Trinajstić information content (AvgIpc) is 3.06. The topological polar surface area (TPSA) is 108 Å². The van der Waals surface area contributed by atoms with Gasteiger partial charge in [-0.1, -0.05) is 17.7 Å². The third-order valence-corrected chi connectivity index (χ3v) is 5.56. The second-order valence-corrected chi connectivity index (χ2v) is 7.88. The summed E-state index contributed by atoms with van der Waals surface area (Å²) in [6, 6.07) is 11.5. The second kappa shape index (κ2) is 7.58. The van der Waals surface area contributed by atoms with Crippen LogP contribution >= 0.6 is 0 Å². The van der Waals surface area contributed by atoms with Crippen LogP contribution < -0.4 is 9.62 Å². The van der Waals surface area contributed by atoms with Crippen LogP contribution in [-0.4, -0.2) is 36.1 Å². The molecule has 0 aliphatic carbocycles. The Bertz CT molecular complexity index is 1030. The summed E-state index contributed by atoms with van der Waals surface area (Å²) < 4.78 is 27.2. The minimum atomic E-state index is -3.97. The van der Waals surface area contributed by atoms with Crippen LogP contribution in [0.1, 0.15) is 11.3 Å². The van der Waals surface area contributed by atoms with E-state index in [1.807, 2.05) is 6.92 Å². The molecule has 0 spiro atoms. The number of aryl methyl sites for hydroxylation is 2. The summed E-state index contributed by atoms with van der Waals surface area (Å²) in [5.74, 6) is -0.172. The Morgan fingerprint density at radius 2 is 1.93 bits per heavy atom. The van der Waals surface area contributed by atoms with Crippen LogP contribution in [0.25, 0.3) is 0 Å². The number of pyridine rings is 1. The molecular weight excluding hydrogens is 366 g/mol. The number of nitrogens with one attached hydrogen (secondary N) is 2. The van der Waals surface area contributed by atoms with Crippen LogP contribution in [0.2, 0.25) is 0 Å². The Kier molecular flexibility index (Phi) is 5.22. The van der Waals surface area contributed by atoms with E-state index in [1.54, 1.807) is 37.3 Å². The number of sulfonamides is 1. The largest absolute Gasteiger partial charge is 0.308 e. The molecule has 0 aliphatic rings. The molecular formula is C18H19N5O3S. The maximum Gasteiger partial charge on any atom is 0.266 e. The molecule has 0 saturated carbocycles. The molecule has 1 aromatic carbocycles. The molecule has 0 aliphatic heterocycles. The predicted molar refractivity (Wildman–Crippen MR) is 102 cm³/mol. The zero-order valence-electron chi connectivity index (χ0n) is 14.9. The lowest BCUT2D eigenvalue weighted by Gasteiger charge is -2.23. The molecule has 27 heavy (non-hydrogen) atoms. The highest BCUT2D eigenvalue weighted by molar-refractivity contribution is 7.92. The summed E-state index contributed by atoms with van der Waals surface area (Å²) in [7, 11) is -3.97. The number of hydrogen-bond acceptors (Lipinski definition) is 5. The van der Waals surface area contributed by atoms with Gasteiger partial charge in [-0.3, -0.25) is 19.2 Å². The van der Waals surface area contributed by atoms with Gasteiger partial charge < -0.3 is 5.32 Å². The van der Waals surface area contributed by atoms with E-state index < -0.39 is 22.5 Å². The van der Waals surface area contributed by atoms with Crippen molar-refractivity contribution < 1.29 is 13.2 Å². The first-order valence-electron chi connectivity index (χ1n) is 8.17. The Labute approximate surface area is 157 Å². The smallest absolute Gasteiger partial charge is 0.266 e. The number of aromatic amines is 1. The van der Waals surface area contributed by atoms with Crippen LogP contribution in [-0.2, 0) is 14.8 Å². The third kappa shape index (κ3) is 4.32. The van der Waals surface area contributed by atoms with Gasteiger partial charge in [0.1, 0.15) is 11.4 Å². The number of nitrogens with zero attached hydrogens (tertiary/aromatic N) is 3. The summed E-state index contributed by atoms with van der Waals surface area (Å²) in [6.45, 7) is 3.30. The summed E-state index contributed by atoms with van der Waals surface area (Å²) in [5, 5.41) is 9.24. The molecule has 3 rings (SSSR count). The minimum Gasteiger partial charge on any atom is -0.308 e. The quantitative estimate of drug-likeness (QED) is 0.677. The molecule has 140 valence electrons. The molecule has 2 aromatic heterocycles. The molecule has 3 aromatic rings. The molecule has 9 heteroatoms. The number of H-pyrrole nitrogens is 1. The van der Waals surface area contributed by atoms with Gasteiger partial charge in [-0.2, -0.15) is 5.10 Å². The zero-order valence-corrected chi connectivity index (χ0v) is 15.7. The molecule has 0 radical (unpaired) electrons. The molecule has 0 unspecified atom stereocenters. The number of anilines is 2. The fourth-order valence-electron chi connectivity index (χ4n) is 2.45. The van der Waals surface area contributed by atoms with E-state index in [4.69, 9.17) is 0 Å². The molecule has 0 atom stereocenters. The van der Waals surface area contributed by atoms with Crippen LogP contribution in [0, 0.1) is 13.8 Å². The highest BCUT2D eigenvalue weighted by Crippen LogP contribution is 2.23. The number of carbonyl (C=O) groups excluding carboxylic acids is 1. The Balaban J connectivity index is 1.92. The van der Waals surface area contributed by atoms with Crippen molar-refractivity contribution in [2.75, 3.05) is 16.2 Å². The third-order valence-electron chi connectivity index (χ3n) is 3.80. The van der Waals surface area contributed by atoms with Crippen molar-refractivity contribution in [1.29, 1.82) is 0 Å². The predicted octanol–water partition coefficient (Wildman–Crippen LogP) is 2.26. The second-order valence-electron chi connectivity index (χ2n) is 6.02. The van der Waals surface area contributed by atoms with E-state index in [9.17, 15) is 13.2 Å². The lowest BCUT2D eigenvalue weighted by Crippen LogP contribution is -2.38. The van der Waals surface area contributed by atoms with E-state index in [0.29, 0.717) is 11.5 Å². The maximum absolute atomic E-state index is 13.1. The summed E-state index contributed by atoms with van der Waals surface area (Å²) in [4.78, 5) is 16.3. The molecule has 2 heterocycles. The normalized spacial score (nSPS) is 11.2. The standard InChI is InChI=1S/C18H19N5O3S/c1-13-5-7-15(8-6-13)23(27(25,26)16-4-3-9-19-11-16)12-18(24)20-17-10-14(2)21-22-17/h3-11H,12H2,1-2H3,(H2,20,21,22,24). The summed E-state index contributed by atoms with van der Waals surface area (Å²) in [5.41, 5.74) is 2.15. The number of carbonyl (C=O) groups is 1. The molecule has 2 N–H and O–H groups in total. The highest BCUT2D eigenvalue weighted by Gasteiger charge is 2.27. The fraction of sp³-hybridized carbons (Fsp3) is 0.167. The van der Waals surface area contributed by atoms with Crippen molar-refractivity contribution in [3.05, 3.63) is 66.1 Å². The van der Waals surface area contributed by atoms with Gasteiger partial charge in [-0.25, -0.2) is 8.42 Å². The zero-order chi connectivity index (χ0) is 19.4. The summed E-state index contributed by atoms with van der Waals surface area (Å²) >= 11 is 0. The van der Waals surface area contributed by atoms with Crippen molar-refractivity contribution in [3.8, 4) is 0 Å². The van der Waals surface area contributed by atoms with Gasteiger partial charge in [0.05, 0.1) is 5.69 Å². The van der Waals surface area contributed by atoms with E-state index in [1.165, 1.54) is 24.5 Å². The lowest BCUT2D eigenvalue weighted by molar-refractivity contribution is -0.114. The van der Waals surface area contributed by atoms with Crippen LogP contribution in [0.4, 0.5) is 11.5 Å². The first kappa shape index (κ1) is 18.6. The van der Waals surface area contributed by atoms with E-state index in [0.717, 1.165) is 15.6 Å². The lowest BCUT2D eigenvalue weighted by atomic mass is 10.2. The van der Waals surface area contributed by atoms with Gasteiger partial charge in [-0.05, 0) is 38.1 Å². The maximum atomic E-state index is 13.1. The number of aromatic nitrogens is 3. The summed E-state index contributed by atoms with van der Waals surface area (Å²) in [6.07, 6.45) is 2.74. The first-order chi connectivity index (χ1) is 12.9. The van der Waals surface area contributed by atoms with Gasteiger partial charge in [0.15, 0.2) is 5.82 Å². The monoisotopic (exact) mass is 385 g/mol. The minimum absolute atomic E-state index is 0.00832. The van der Waals surface area contributed by atoms with Crippen molar-refractivity contribution in [1.82, 2.24) is 15.2 Å². The number of rotatable bonds is 6. The highest BCUT2D eigenvalue weighted by atomic mass is 32.2. The Hall–Kier alpha value is -3.20. The Morgan fingerprint density at radius 1 is 1.19 bits per heavy atom. The van der Waals surface area contributed by atoms with E-state index in [-0.39, 0.29) is 4.90 Å². The molecule has 0 bridgehead atoms. The van der Waals surface area contributed by atoms with Gasteiger partial charge in [0.2, 0.25) is 5.91 Å². The van der Waals surface area contributed by atoms with Crippen molar-refractivity contribution in [3.63, 3.8) is 0 Å². The number of hydrogen-bond donors (Lipinski definition) is 2. The van der Waals surface area contributed by atoms with Crippen LogP contribution in [0.3, 0.4) is 0 Å². The van der Waals surface area contributed by atoms with Gasteiger partial charge >= 0.3 is 0 Å².